The molecule has 0 atom stereocenters. The summed E-state index contributed by atoms with van der Waals surface area (Å²) in [5.41, 5.74) is 8.12. The second kappa shape index (κ2) is 6.29. The summed E-state index contributed by atoms with van der Waals surface area (Å²) in [5, 5.41) is 0. The first-order valence-corrected chi connectivity index (χ1v) is 8.66. The van der Waals surface area contributed by atoms with E-state index in [0.29, 0.717) is 22.7 Å². The number of esters is 1. The number of carbonyl (C=O) groups excluding carboxylic acids is 1. The summed E-state index contributed by atoms with van der Waals surface area (Å²) in [6.45, 7) is 1.33. The van der Waals surface area contributed by atoms with Gasteiger partial charge in [0.1, 0.15) is 5.75 Å². The van der Waals surface area contributed by atoms with Crippen molar-refractivity contribution in [1.82, 2.24) is 0 Å². The van der Waals surface area contributed by atoms with Crippen LogP contribution in [0, 0.1) is 0 Å². The highest BCUT2D eigenvalue weighted by molar-refractivity contribution is 7.92. The summed E-state index contributed by atoms with van der Waals surface area (Å²) in [5.74, 6) is 0.00229. The van der Waals surface area contributed by atoms with Crippen molar-refractivity contribution in [2.24, 2.45) is 0 Å². The third-order valence-electron chi connectivity index (χ3n) is 3.32. The Morgan fingerprint density at radius 3 is 2.39 bits per heavy atom. The molecule has 23 heavy (non-hydrogen) atoms. The van der Waals surface area contributed by atoms with Crippen LogP contribution in [0.4, 0.5) is 11.4 Å². The van der Waals surface area contributed by atoms with E-state index in [-0.39, 0.29) is 0 Å². The van der Waals surface area contributed by atoms with Gasteiger partial charge >= 0.3 is 5.97 Å². The van der Waals surface area contributed by atoms with Crippen LogP contribution in [-0.2, 0) is 14.8 Å². The van der Waals surface area contributed by atoms with E-state index >= 15 is 0 Å². The maximum absolute atomic E-state index is 11.6. The molecule has 7 heteroatoms. The van der Waals surface area contributed by atoms with Crippen molar-refractivity contribution in [2.45, 2.75) is 6.92 Å². The van der Waals surface area contributed by atoms with Gasteiger partial charge in [0.2, 0.25) is 10.0 Å². The molecule has 0 aliphatic carbocycles. The van der Waals surface area contributed by atoms with E-state index in [2.05, 4.69) is 0 Å². The lowest BCUT2D eigenvalue weighted by Gasteiger charge is -2.19. The van der Waals surface area contributed by atoms with Gasteiger partial charge < -0.3 is 10.5 Å². The summed E-state index contributed by atoms with van der Waals surface area (Å²) in [4.78, 5) is 11.2. The van der Waals surface area contributed by atoms with Gasteiger partial charge in [0.25, 0.3) is 0 Å². The standard InChI is InChI=1S/C16H18N2O4S/c1-11(19)22-16-7-5-4-6-13(16)12-8-9-15(14(17)10-12)18(2)23(3,20)21/h4-10H,17H2,1-3H3. The van der Waals surface area contributed by atoms with Gasteiger partial charge in [-0.05, 0) is 23.8 Å². The minimum atomic E-state index is -3.40. The van der Waals surface area contributed by atoms with Crippen molar-refractivity contribution < 1.29 is 17.9 Å². The van der Waals surface area contributed by atoms with E-state index in [0.717, 1.165) is 16.1 Å². The molecule has 0 aliphatic heterocycles. The maximum atomic E-state index is 11.6. The number of anilines is 2. The number of para-hydroxylation sites is 1. The first-order chi connectivity index (χ1) is 10.7. The average molecular weight is 334 g/mol. The number of hydrogen-bond donors (Lipinski definition) is 1. The lowest BCUT2D eigenvalue weighted by Crippen LogP contribution is -2.25. The number of rotatable bonds is 4. The molecule has 0 spiro atoms. The van der Waals surface area contributed by atoms with Crippen molar-refractivity contribution in [3.05, 3.63) is 42.5 Å². The average Bonchev–Trinajstić information content (AvgIpc) is 2.45. The van der Waals surface area contributed by atoms with Crippen LogP contribution in [0.2, 0.25) is 0 Å². The summed E-state index contributed by atoms with van der Waals surface area (Å²) in [6.07, 6.45) is 1.11. The fraction of sp³-hybridized carbons (Fsp3) is 0.188. The lowest BCUT2D eigenvalue weighted by molar-refractivity contribution is -0.131. The van der Waals surface area contributed by atoms with E-state index in [9.17, 15) is 13.2 Å². The highest BCUT2D eigenvalue weighted by Crippen LogP contribution is 2.34. The largest absolute Gasteiger partial charge is 0.426 e. The number of carbonyl (C=O) groups is 1. The number of ether oxygens (including phenoxy) is 1. The second-order valence-corrected chi connectivity index (χ2v) is 7.11. The molecule has 0 heterocycles. The normalized spacial score (nSPS) is 11.1. The Bertz CT molecular complexity index is 847. The lowest BCUT2D eigenvalue weighted by atomic mass is 10.0. The molecule has 0 unspecified atom stereocenters. The number of hydrogen-bond acceptors (Lipinski definition) is 5. The van der Waals surface area contributed by atoms with Gasteiger partial charge in [0, 0.05) is 19.5 Å². The summed E-state index contributed by atoms with van der Waals surface area (Å²) >= 11 is 0. The number of sulfonamides is 1. The Morgan fingerprint density at radius 1 is 1.17 bits per heavy atom. The molecule has 2 aromatic rings. The predicted octanol–water partition coefficient (Wildman–Crippen LogP) is 2.26. The van der Waals surface area contributed by atoms with Crippen molar-refractivity contribution in [2.75, 3.05) is 23.3 Å². The molecule has 0 bridgehead atoms. The maximum Gasteiger partial charge on any atom is 0.308 e. The van der Waals surface area contributed by atoms with Crippen LogP contribution in [0.3, 0.4) is 0 Å². The number of nitrogen functional groups attached to an aromatic ring is 1. The molecule has 0 radical (unpaired) electrons. The number of benzene rings is 2. The number of nitrogens with zero attached hydrogens (tertiary/aromatic N) is 1. The monoisotopic (exact) mass is 334 g/mol. The topological polar surface area (TPSA) is 89.7 Å². The molecule has 2 N–H and O–H groups in total. The third-order valence-corrected chi connectivity index (χ3v) is 4.51. The Kier molecular flexibility index (Phi) is 4.60. The highest BCUT2D eigenvalue weighted by Gasteiger charge is 2.16. The van der Waals surface area contributed by atoms with Crippen LogP contribution >= 0.6 is 0 Å². The van der Waals surface area contributed by atoms with Crippen LogP contribution in [0.25, 0.3) is 11.1 Å². The molecule has 0 aromatic heterocycles. The Hall–Kier alpha value is -2.54. The molecule has 0 aliphatic rings. The minimum Gasteiger partial charge on any atom is -0.426 e. The molecule has 0 saturated heterocycles. The first-order valence-electron chi connectivity index (χ1n) is 6.81. The summed E-state index contributed by atoms with van der Waals surface area (Å²) in [7, 11) is -1.96. The second-order valence-electron chi connectivity index (χ2n) is 5.09. The SMILES string of the molecule is CC(=O)Oc1ccccc1-c1ccc(N(C)S(C)(=O)=O)c(N)c1. The van der Waals surface area contributed by atoms with Gasteiger partial charge in [-0.1, -0.05) is 24.3 Å². The van der Waals surface area contributed by atoms with Crippen LogP contribution in [0.5, 0.6) is 5.75 Å². The first kappa shape index (κ1) is 16.8. The fourth-order valence-electron chi connectivity index (χ4n) is 2.14. The molecular formula is C16H18N2O4S. The smallest absolute Gasteiger partial charge is 0.308 e. The van der Waals surface area contributed by atoms with E-state index < -0.39 is 16.0 Å². The van der Waals surface area contributed by atoms with Crippen molar-refractivity contribution in [3.8, 4) is 16.9 Å². The van der Waals surface area contributed by atoms with Gasteiger partial charge in [0.05, 0.1) is 17.6 Å². The quantitative estimate of drug-likeness (QED) is 0.526. The molecule has 0 saturated carbocycles. The third kappa shape index (κ3) is 3.81. The highest BCUT2D eigenvalue weighted by atomic mass is 32.2. The van der Waals surface area contributed by atoms with Crippen molar-refractivity contribution in [1.29, 1.82) is 0 Å². The zero-order valence-corrected chi connectivity index (χ0v) is 13.9. The van der Waals surface area contributed by atoms with Crippen LogP contribution in [-0.4, -0.2) is 27.7 Å². The Labute approximate surface area is 135 Å². The van der Waals surface area contributed by atoms with E-state index in [4.69, 9.17) is 10.5 Å². The van der Waals surface area contributed by atoms with Gasteiger partial charge in [0.15, 0.2) is 0 Å². The molecule has 2 aromatic carbocycles. The molecular weight excluding hydrogens is 316 g/mol. The van der Waals surface area contributed by atoms with Gasteiger partial charge in [-0.25, -0.2) is 8.42 Å². The molecule has 0 amide bonds. The zero-order chi connectivity index (χ0) is 17.2. The van der Waals surface area contributed by atoms with E-state index in [1.807, 2.05) is 6.07 Å². The molecule has 6 nitrogen and oxygen atoms in total. The van der Waals surface area contributed by atoms with Gasteiger partial charge in [-0.15, -0.1) is 0 Å². The zero-order valence-electron chi connectivity index (χ0n) is 13.1. The van der Waals surface area contributed by atoms with Crippen LogP contribution in [0.1, 0.15) is 6.92 Å². The fourth-order valence-corrected chi connectivity index (χ4v) is 2.66. The molecule has 2 rings (SSSR count). The number of nitrogens with two attached hydrogens (primary N) is 1. The summed E-state index contributed by atoms with van der Waals surface area (Å²) < 4.78 is 29.6. The van der Waals surface area contributed by atoms with Gasteiger partial charge in [-0.2, -0.15) is 0 Å². The molecule has 0 fully saturated rings. The van der Waals surface area contributed by atoms with E-state index in [1.165, 1.54) is 14.0 Å². The van der Waals surface area contributed by atoms with Crippen LogP contribution < -0.4 is 14.8 Å². The predicted molar refractivity (Wildman–Crippen MR) is 90.8 cm³/mol. The van der Waals surface area contributed by atoms with Crippen LogP contribution in [0.15, 0.2) is 42.5 Å². The minimum absolute atomic E-state index is 0.313. The van der Waals surface area contributed by atoms with Crippen molar-refractivity contribution >= 4 is 27.4 Å². The van der Waals surface area contributed by atoms with E-state index in [1.54, 1.807) is 36.4 Å². The Balaban J connectivity index is 2.48. The van der Waals surface area contributed by atoms with Crippen molar-refractivity contribution in [3.63, 3.8) is 0 Å². The Morgan fingerprint density at radius 2 is 1.83 bits per heavy atom. The summed E-state index contributed by atoms with van der Waals surface area (Å²) in [6, 6.07) is 12.1. The van der Waals surface area contributed by atoms with Gasteiger partial charge in [-0.3, -0.25) is 9.10 Å². The molecule has 122 valence electrons.